The summed E-state index contributed by atoms with van der Waals surface area (Å²) >= 11 is 0. The Hall–Kier alpha value is -0.130. The number of ether oxygens (including phenoxy) is 1. The van der Waals surface area contributed by atoms with Crippen molar-refractivity contribution in [3.8, 4) is 0 Å². The summed E-state index contributed by atoms with van der Waals surface area (Å²) in [5.74, 6) is 0.752. The van der Waals surface area contributed by atoms with Gasteiger partial charge in [-0.1, -0.05) is 13.3 Å². The summed E-state index contributed by atoms with van der Waals surface area (Å²) in [5.41, 5.74) is 6.45. The first-order valence-electron chi connectivity index (χ1n) is 7.49. The minimum atomic E-state index is -2.92. The van der Waals surface area contributed by atoms with Crippen LogP contribution in [0.3, 0.4) is 0 Å². The van der Waals surface area contributed by atoms with Crippen molar-refractivity contribution in [1.29, 1.82) is 0 Å². The first-order chi connectivity index (χ1) is 8.93. The van der Waals surface area contributed by atoms with Crippen molar-refractivity contribution in [1.82, 2.24) is 0 Å². The second kappa shape index (κ2) is 6.10. The normalized spacial score (nSPS) is 38.3. The lowest BCUT2D eigenvalue weighted by molar-refractivity contribution is 0.0720. The molecule has 2 rings (SSSR count). The predicted molar refractivity (Wildman–Crippen MR) is 76.7 cm³/mol. The fourth-order valence-electron chi connectivity index (χ4n) is 3.80. The van der Waals surface area contributed by atoms with E-state index in [2.05, 4.69) is 6.92 Å². The summed E-state index contributed by atoms with van der Waals surface area (Å²) in [7, 11) is -2.92. The lowest BCUT2D eigenvalue weighted by Gasteiger charge is -2.36. The van der Waals surface area contributed by atoms with Crippen molar-refractivity contribution in [2.75, 3.05) is 12.9 Å². The average Bonchev–Trinajstić information content (AvgIpc) is 2.85. The molecule has 0 bridgehead atoms. The molecule has 0 aromatic carbocycles. The second-order valence-electron chi connectivity index (χ2n) is 6.23. The Bertz CT molecular complexity index is 395. The summed E-state index contributed by atoms with van der Waals surface area (Å²) < 4.78 is 29.2. The molecule has 5 heteroatoms. The van der Waals surface area contributed by atoms with Crippen LogP contribution in [-0.4, -0.2) is 38.7 Å². The largest absolute Gasteiger partial charge is 0.378 e. The molecule has 5 atom stereocenters. The first-order valence-corrected chi connectivity index (χ1v) is 9.45. The molecule has 19 heavy (non-hydrogen) atoms. The average molecular weight is 289 g/mol. The topological polar surface area (TPSA) is 69.4 Å². The van der Waals surface area contributed by atoms with Gasteiger partial charge >= 0.3 is 0 Å². The van der Waals surface area contributed by atoms with Gasteiger partial charge in [0.15, 0.2) is 0 Å². The second-order valence-corrected chi connectivity index (χ2v) is 8.55. The van der Waals surface area contributed by atoms with Gasteiger partial charge in [0.05, 0.1) is 11.4 Å². The molecule has 5 unspecified atom stereocenters. The molecule has 0 radical (unpaired) electrons. The fourth-order valence-corrected chi connectivity index (χ4v) is 4.99. The lowest BCUT2D eigenvalue weighted by atomic mass is 9.76. The molecule has 112 valence electrons. The summed E-state index contributed by atoms with van der Waals surface area (Å²) in [4.78, 5) is 0. The van der Waals surface area contributed by atoms with Crippen LogP contribution in [0.1, 0.15) is 45.4 Å². The van der Waals surface area contributed by atoms with Crippen molar-refractivity contribution in [3.05, 3.63) is 0 Å². The monoisotopic (exact) mass is 289 g/mol. The standard InChI is InChI=1S/C14H27NO3S/c1-3-13-12(7-8-18-13)14(15)10-5-4-6-11(9-10)19(2,16)17/h10-14H,3-9,15H2,1-2H3. The molecule has 1 aliphatic carbocycles. The van der Waals surface area contributed by atoms with E-state index in [0.29, 0.717) is 11.8 Å². The van der Waals surface area contributed by atoms with Gasteiger partial charge in [-0.15, -0.1) is 0 Å². The molecule has 2 fully saturated rings. The van der Waals surface area contributed by atoms with Crippen molar-refractivity contribution < 1.29 is 13.2 Å². The Labute approximate surface area is 117 Å². The number of hydrogen-bond donors (Lipinski definition) is 1. The van der Waals surface area contributed by atoms with Crippen LogP contribution in [-0.2, 0) is 14.6 Å². The highest BCUT2D eigenvalue weighted by molar-refractivity contribution is 7.91. The summed E-state index contributed by atoms with van der Waals surface area (Å²) in [5, 5.41) is -0.181. The van der Waals surface area contributed by atoms with Crippen LogP contribution >= 0.6 is 0 Å². The summed E-state index contributed by atoms with van der Waals surface area (Å²) in [6.45, 7) is 2.94. The molecule has 1 heterocycles. The zero-order valence-electron chi connectivity index (χ0n) is 12.0. The van der Waals surface area contributed by atoms with E-state index in [-0.39, 0.29) is 17.4 Å². The van der Waals surface area contributed by atoms with Gasteiger partial charge in [-0.3, -0.25) is 0 Å². The van der Waals surface area contributed by atoms with E-state index in [1.165, 1.54) is 6.26 Å². The molecule has 1 aliphatic heterocycles. The number of hydrogen-bond acceptors (Lipinski definition) is 4. The zero-order valence-corrected chi connectivity index (χ0v) is 12.9. The smallest absolute Gasteiger partial charge is 0.150 e. The van der Waals surface area contributed by atoms with Gasteiger partial charge in [-0.05, 0) is 38.0 Å². The molecule has 1 saturated carbocycles. The van der Waals surface area contributed by atoms with Gasteiger partial charge in [0.25, 0.3) is 0 Å². The molecule has 2 N–H and O–H groups in total. The quantitative estimate of drug-likeness (QED) is 0.856. The molecule has 0 spiro atoms. The molecule has 2 aliphatic rings. The molecule has 1 saturated heterocycles. The molecular formula is C14H27NO3S. The predicted octanol–water partition coefficient (Wildman–Crippen LogP) is 1.73. The maximum atomic E-state index is 11.7. The van der Waals surface area contributed by atoms with Gasteiger partial charge in [-0.25, -0.2) is 8.42 Å². The highest BCUT2D eigenvalue weighted by Crippen LogP contribution is 2.36. The van der Waals surface area contributed by atoms with Gasteiger partial charge in [0.1, 0.15) is 9.84 Å². The summed E-state index contributed by atoms with van der Waals surface area (Å²) in [6, 6.07) is 0.0944. The van der Waals surface area contributed by atoms with Crippen LogP contribution in [0.4, 0.5) is 0 Å². The van der Waals surface area contributed by atoms with Crippen LogP contribution in [0.25, 0.3) is 0 Å². The number of sulfone groups is 1. The lowest BCUT2D eigenvalue weighted by Crippen LogP contribution is -2.44. The van der Waals surface area contributed by atoms with Gasteiger partial charge < -0.3 is 10.5 Å². The van der Waals surface area contributed by atoms with Crippen molar-refractivity contribution >= 4 is 9.84 Å². The Morgan fingerprint density at radius 2 is 2.05 bits per heavy atom. The van der Waals surface area contributed by atoms with E-state index in [0.717, 1.165) is 45.1 Å². The molecular weight excluding hydrogens is 262 g/mol. The molecule has 4 nitrogen and oxygen atoms in total. The van der Waals surface area contributed by atoms with E-state index in [1.54, 1.807) is 0 Å². The van der Waals surface area contributed by atoms with Crippen LogP contribution in [0.15, 0.2) is 0 Å². The first kappa shape index (κ1) is 15.3. The van der Waals surface area contributed by atoms with Crippen molar-refractivity contribution in [3.63, 3.8) is 0 Å². The highest BCUT2D eigenvalue weighted by atomic mass is 32.2. The van der Waals surface area contributed by atoms with Crippen LogP contribution in [0.5, 0.6) is 0 Å². The Kier molecular flexibility index (Phi) is 4.90. The van der Waals surface area contributed by atoms with Gasteiger partial charge in [-0.2, -0.15) is 0 Å². The third kappa shape index (κ3) is 3.50. The van der Waals surface area contributed by atoms with Crippen molar-refractivity contribution in [2.24, 2.45) is 17.6 Å². The molecule has 0 amide bonds. The number of nitrogens with two attached hydrogens (primary N) is 1. The van der Waals surface area contributed by atoms with Crippen molar-refractivity contribution in [2.45, 2.75) is 62.8 Å². The van der Waals surface area contributed by atoms with Gasteiger partial charge in [0, 0.05) is 24.8 Å². The highest BCUT2D eigenvalue weighted by Gasteiger charge is 2.39. The maximum absolute atomic E-state index is 11.7. The van der Waals surface area contributed by atoms with E-state index in [9.17, 15) is 8.42 Å². The minimum Gasteiger partial charge on any atom is -0.378 e. The van der Waals surface area contributed by atoms with E-state index in [1.807, 2.05) is 0 Å². The van der Waals surface area contributed by atoms with E-state index < -0.39 is 9.84 Å². The fraction of sp³-hybridized carbons (Fsp3) is 1.00. The summed E-state index contributed by atoms with van der Waals surface area (Å²) in [6.07, 6.45) is 7.27. The Morgan fingerprint density at radius 1 is 1.32 bits per heavy atom. The number of rotatable bonds is 4. The third-order valence-electron chi connectivity index (χ3n) is 4.97. The third-order valence-corrected chi connectivity index (χ3v) is 6.61. The molecule has 0 aromatic heterocycles. The zero-order chi connectivity index (χ0) is 14.0. The minimum absolute atomic E-state index is 0.0944. The van der Waals surface area contributed by atoms with E-state index in [4.69, 9.17) is 10.5 Å². The Balaban J connectivity index is 2.01. The van der Waals surface area contributed by atoms with Crippen LogP contribution < -0.4 is 5.73 Å². The van der Waals surface area contributed by atoms with E-state index >= 15 is 0 Å². The maximum Gasteiger partial charge on any atom is 0.150 e. The van der Waals surface area contributed by atoms with Crippen LogP contribution in [0, 0.1) is 11.8 Å². The molecule has 0 aromatic rings. The Morgan fingerprint density at radius 3 is 2.68 bits per heavy atom. The van der Waals surface area contributed by atoms with Gasteiger partial charge in [0.2, 0.25) is 0 Å². The van der Waals surface area contributed by atoms with Crippen LogP contribution in [0.2, 0.25) is 0 Å². The SMILES string of the molecule is CCC1OCCC1C(N)C1CCCC(S(C)(=O)=O)C1.